The predicted octanol–water partition coefficient (Wildman–Crippen LogP) is 4.58. The minimum atomic E-state index is -0.425. The van der Waals surface area contributed by atoms with Crippen molar-refractivity contribution in [2.24, 2.45) is 16.1 Å². The Kier molecular flexibility index (Phi) is 5.69. The number of halogens is 1. The minimum Gasteiger partial charge on any atom is -0.402 e. The van der Waals surface area contributed by atoms with Gasteiger partial charge in [-0.25, -0.2) is 9.38 Å². The third-order valence-corrected chi connectivity index (χ3v) is 7.12. The molecule has 4 rings (SSSR count). The lowest BCUT2D eigenvalue weighted by Gasteiger charge is -2.58. The molecule has 166 valence electrons. The van der Waals surface area contributed by atoms with E-state index in [1.54, 1.807) is 0 Å². The number of hydrogen-bond donors (Lipinski definition) is 2. The van der Waals surface area contributed by atoms with Gasteiger partial charge in [0.25, 0.3) is 0 Å². The second-order valence-corrected chi connectivity index (χ2v) is 9.49. The molecule has 3 aliphatic rings. The molecule has 0 amide bonds. The van der Waals surface area contributed by atoms with Gasteiger partial charge in [-0.2, -0.15) is 0 Å². The molecule has 0 bridgehead atoms. The van der Waals surface area contributed by atoms with Gasteiger partial charge in [-0.15, -0.1) is 0 Å². The SMILES string of the molecule is C=C1c2cc(C)cc(CNC(C)/C(C)=C\C(F)=C/N)c2N=C(N2CC3(CCC3)C2)N1C. The molecule has 0 aromatic heterocycles. The highest BCUT2D eigenvalue weighted by Gasteiger charge is 2.49. The van der Waals surface area contributed by atoms with Crippen molar-refractivity contribution < 1.29 is 4.39 Å². The summed E-state index contributed by atoms with van der Waals surface area (Å²) in [5.41, 5.74) is 12.1. The van der Waals surface area contributed by atoms with E-state index in [0.29, 0.717) is 12.0 Å². The van der Waals surface area contributed by atoms with Crippen molar-refractivity contribution in [3.8, 4) is 0 Å². The van der Waals surface area contributed by atoms with Crippen LogP contribution in [-0.4, -0.2) is 41.9 Å². The van der Waals surface area contributed by atoms with Crippen LogP contribution in [0.1, 0.15) is 49.8 Å². The third-order valence-electron chi connectivity index (χ3n) is 7.12. The van der Waals surface area contributed by atoms with Crippen LogP contribution in [0.4, 0.5) is 10.1 Å². The molecule has 2 heterocycles. The van der Waals surface area contributed by atoms with Crippen molar-refractivity contribution in [1.82, 2.24) is 15.1 Å². The number of benzene rings is 1. The van der Waals surface area contributed by atoms with Crippen molar-refractivity contribution in [2.45, 2.75) is 52.6 Å². The van der Waals surface area contributed by atoms with Crippen molar-refractivity contribution in [3.05, 3.63) is 59.1 Å². The van der Waals surface area contributed by atoms with E-state index in [1.165, 1.54) is 30.9 Å². The first-order valence-electron chi connectivity index (χ1n) is 11.1. The molecule has 5 nitrogen and oxygen atoms in total. The lowest BCUT2D eigenvalue weighted by Crippen LogP contribution is -2.63. The number of aryl methyl sites for hydroxylation is 1. The number of fused-ring (bicyclic) bond motifs is 1. The first-order valence-corrected chi connectivity index (χ1v) is 11.1. The summed E-state index contributed by atoms with van der Waals surface area (Å²) in [6, 6.07) is 4.35. The molecule has 31 heavy (non-hydrogen) atoms. The second-order valence-electron chi connectivity index (χ2n) is 9.49. The number of rotatable bonds is 5. The quantitative estimate of drug-likeness (QED) is 0.681. The summed E-state index contributed by atoms with van der Waals surface area (Å²) >= 11 is 0. The summed E-state index contributed by atoms with van der Waals surface area (Å²) in [6.45, 7) is 13.2. The van der Waals surface area contributed by atoms with Crippen LogP contribution in [0, 0.1) is 12.3 Å². The number of hydrogen-bond acceptors (Lipinski definition) is 5. The maximum Gasteiger partial charge on any atom is 0.206 e. The Hall–Kier alpha value is -2.60. The first kappa shape index (κ1) is 21.6. The molecule has 1 aromatic carbocycles. The second kappa shape index (κ2) is 8.15. The molecule has 1 aromatic rings. The van der Waals surface area contributed by atoms with E-state index in [0.717, 1.165) is 53.3 Å². The topological polar surface area (TPSA) is 56.9 Å². The molecule has 1 aliphatic carbocycles. The molecular formula is C25H34FN5. The van der Waals surface area contributed by atoms with Crippen LogP contribution in [0.2, 0.25) is 0 Å². The fraction of sp³-hybridized carbons (Fsp3) is 0.480. The highest BCUT2D eigenvalue weighted by atomic mass is 19.1. The van der Waals surface area contributed by atoms with Gasteiger partial charge in [-0.1, -0.05) is 24.6 Å². The van der Waals surface area contributed by atoms with E-state index in [4.69, 9.17) is 10.7 Å². The van der Waals surface area contributed by atoms with Crippen LogP contribution in [0.25, 0.3) is 5.70 Å². The minimum absolute atomic E-state index is 0.00800. The Labute approximate surface area is 185 Å². The number of allylic oxidation sites excluding steroid dienone is 2. The number of nitrogens with one attached hydrogen (secondary N) is 1. The Morgan fingerprint density at radius 3 is 2.71 bits per heavy atom. The Balaban J connectivity index is 1.58. The van der Waals surface area contributed by atoms with Crippen LogP contribution in [0.15, 0.2) is 47.4 Å². The lowest BCUT2D eigenvalue weighted by atomic mass is 9.63. The van der Waals surface area contributed by atoms with Gasteiger partial charge in [0.1, 0.15) is 5.83 Å². The van der Waals surface area contributed by atoms with E-state index >= 15 is 0 Å². The average Bonchev–Trinajstić information content (AvgIpc) is 2.67. The molecule has 2 aliphatic heterocycles. The Bertz CT molecular complexity index is 978. The zero-order valence-electron chi connectivity index (χ0n) is 19.1. The molecule has 1 atom stereocenters. The fourth-order valence-electron chi connectivity index (χ4n) is 4.81. The molecule has 1 unspecified atom stereocenters. The van der Waals surface area contributed by atoms with Crippen LogP contribution < -0.4 is 11.1 Å². The van der Waals surface area contributed by atoms with Gasteiger partial charge >= 0.3 is 0 Å². The summed E-state index contributed by atoms with van der Waals surface area (Å²) in [7, 11) is 2.06. The third kappa shape index (κ3) is 4.01. The van der Waals surface area contributed by atoms with Crippen LogP contribution in [-0.2, 0) is 6.54 Å². The summed E-state index contributed by atoms with van der Waals surface area (Å²) < 4.78 is 13.5. The summed E-state index contributed by atoms with van der Waals surface area (Å²) in [5.74, 6) is 0.575. The molecule has 1 spiro atoms. The summed E-state index contributed by atoms with van der Waals surface area (Å²) in [6.07, 6.45) is 6.50. The molecule has 6 heteroatoms. The lowest BCUT2D eigenvalue weighted by molar-refractivity contribution is -0.0216. The van der Waals surface area contributed by atoms with E-state index < -0.39 is 5.83 Å². The maximum absolute atomic E-state index is 13.5. The number of aliphatic imine (C=N–C) groups is 1. The highest BCUT2D eigenvalue weighted by Crippen LogP contribution is 2.49. The predicted molar refractivity (Wildman–Crippen MR) is 126 cm³/mol. The normalized spacial score (nSPS) is 21.5. The van der Waals surface area contributed by atoms with Crippen molar-refractivity contribution in [2.75, 3.05) is 20.1 Å². The van der Waals surface area contributed by atoms with Crippen molar-refractivity contribution in [1.29, 1.82) is 0 Å². The number of likely N-dealkylation sites (tertiary alicyclic amines) is 1. The number of guanidine groups is 1. The highest BCUT2D eigenvalue weighted by molar-refractivity contribution is 5.97. The van der Waals surface area contributed by atoms with Crippen LogP contribution in [0.5, 0.6) is 0 Å². The zero-order chi connectivity index (χ0) is 22.3. The fourth-order valence-corrected chi connectivity index (χ4v) is 4.81. The molecule has 0 radical (unpaired) electrons. The zero-order valence-corrected chi connectivity index (χ0v) is 19.1. The largest absolute Gasteiger partial charge is 0.402 e. The maximum atomic E-state index is 13.5. The van der Waals surface area contributed by atoms with Crippen LogP contribution >= 0.6 is 0 Å². The first-order chi connectivity index (χ1) is 14.7. The number of nitrogens with zero attached hydrogens (tertiary/aromatic N) is 3. The summed E-state index contributed by atoms with van der Waals surface area (Å²) in [5, 5.41) is 3.51. The standard InChI is InChI=1S/C25H34FN5/c1-16-9-20(13-28-18(3)17(2)11-21(26)12-27)23-22(10-16)19(4)30(5)24(29-23)31-14-25(15-31)7-6-8-25/h9-12,18,28H,4,6-8,13-15,27H2,1-3,5H3/b17-11-,21-12+. The van der Waals surface area contributed by atoms with E-state index in [2.05, 4.69) is 47.8 Å². The van der Waals surface area contributed by atoms with Gasteiger partial charge in [0, 0.05) is 55.6 Å². The molecule has 1 saturated carbocycles. The van der Waals surface area contributed by atoms with Crippen LogP contribution in [0.3, 0.4) is 0 Å². The van der Waals surface area contributed by atoms with E-state index in [1.807, 2.05) is 13.8 Å². The van der Waals surface area contributed by atoms with E-state index in [9.17, 15) is 4.39 Å². The van der Waals surface area contributed by atoms with Crippen molar-refractivity contribution in [3.63, 3.8) is 0 Å². The van der Waals surface area contributed by atoms with Gasteiger partial charge in [0.05, 0.1) is 5.69 Å². The molecular weight excluding hydrogens is 389 g/mol. The van der Waals surface area contributed by atoms with Gasteiger partial charge < -0.3 is 20.9 Å². The Morgan fingerprint density at radius 1 is 1.39 bits per heavy atom. The van der Waals surface area contributed by atoms with Gasteiger partial charge in [-0.05, 0) is 56.9 Å². The number of nitrogens with two attached hydrogens (primary N) is 1. The smallest absolute Gasteiger partial charge is 0.206 e. The van der Waals surface area contributed by atoms with Gasteiger partial charge in [0.2, 0.25) is 5.96 Å². The molecule has 1 saturated heterocycles. The Morgan fingerprint density at radius 2 is 2.10 bits per heavy atom. The molecule has 2 fully saturated rings. The van der Waals surface area contributed by atoms with Gasteiger partial charge in [0.15, 0.2) is 0 Å². The summed E-state index contributed by atoms with van der Waals surface area (Å²) in [4.78, 5) is 9.63. The van der Waals surface area contributed by atoms with Crippen molar-refractivity contribution >= 4 is 17.3 Å². The average molecular weight is 424 g/mol. The van der Waals surface area contributed by atoms with E-state index in [-0.39, 0.29) is 6.04 Å². The van der Waals surface area contributed by atoms with Gasteiger partial charge in [-0.3, -0.25) is 0 Å². The monoisotopic (exact) mass is 423 g/mol. The molecule has 3 N–H and O–H groups in total.